The van der Waals surface area contributed by atoms with Gasteiger partial charge in [-0.1, -0.05) is 18.2 Å². The van der Waals surface area contributed by atoms with Crippen LogP contribution in [-0.2, 0) is 4.79 Å². The standard InChI is InChI=1S/C16H17N3O3/c20-15(21)10-22-13-5-3-11(4-6-13)14-9-18-19-16(14)12-2-1-7-17-8-12/h1-8,14,16,18-19H,9-10H2,(H,20,21). The van der Waals surface area contributed by atoms with Crippen molar-refractivity contribution in [1.29, 1.82) is 0 Å². The fourth-order valence-electron chi connectivity index (χ4n) is 2.64. The van der Waals surface area contributed by atoms with Crippen molar-refractivity contribution in [2.75, 3.05) is 13.2 Å². The van der Waals surface area contributed by atoms with Crippen LogP contribution in [0.2, 0.25) is 0 Å². The zero-order valence-corrected chi connectivity index (χ0v) is 11.9. The van der Waals surface area contributed by atoms with Gasteiger partial charge in [-0.25, -0.2) is 10.2 Å². The van der Waals surface area contributed by atoms with E-state index in [2.05, 4.69) is 21.9 Å². The number of hydrogen-bond donors (Lipinski definition) is 3. The number of benzene rings is 1. The molecule has 0 bridgehead atoms. The van der Waals surface area contributed by atoms with Gasteiger partial charge in [0.25, 0.3) is 0 Å². The number of hydrazine groups is 1. The van der Waals surface area contributed by atoms with Crippen molar-refractivity contribution in [3.8, 4) is 5.75 Å². The molecule has 1 aromatic carbocycles. The van der Waals surface area contributed by atoms with E-state index >= 15 is 0 Å². The normalized spacial score (nSPS) is 20.7. The van der Waals surface area contributed by atoms with Crippen LogP contribution in [0.5, 0.6) is 5.75 Å². The summed E-state index contributed by atoms with van der Waals surface area (Å²) in [6.45, 7) is 0.485. The number of rotatable bonds is 5. The number of carboxylic acid groups (broad SMARTS) is 1. The SMILES string of the molecule is O=C(O)COc1ccc(C2CNNC2c2cccnc2)cc1. The van der Waals surface area contributed by atoms with Crippen molar-refractivity contribution in [1.82, 2.24) is 15.8 Å². The van der Waals surface area contributed by atoms with E-state index in [9.17, 15) is 4.79 Å². The predicted octanol–water partition coefficient (Wildman–Crippen LogP) is 1.48. The third-order valence-corrected chi connectivity index (χ3v) is 3.70. The first-order chi connectivity index (χ1) is 10.7. The van der Waals surface area contributed by atoms with Gasteiger partial charge in [-0.3, -0.25) is 10.4 Å². The lowest BCUT2D eigenvalue weighted by Crippen LogP contribution is -2.24. The van der Waals surface area contributed by atoms with Crippen LogP contribution >= 0.6 is 0 Å². The highest BCUT2D eigenvalue weighted by atomic mass is 16.5. The van der Waals surface area contributed by atoms with Gasteiger partial charge in [0.05, 0.1) is 6.04 Å². The number of carboxylic acids is 1. The van der Waals surface area contributed by atoms with Gasteiger partial charge in [0.2, 0.25) is 0 Å². The zero-order valence-electron chi connectivity index (χ0n) is 11.9. The topological polar surface area (TPSA) is 83.5 Å². The van der Waals surface area contributed by atoms with Gasteiger partial charge in [-0.2, -0.15) is 0 Å². The van der Waals surface area contributed by atoms with Crippen molar-refractivity contribution in [2.45, 2.75) is 12.0 Å². The van der Waals surface area contributed by atoms with E-state index in [4.69, 9.17) is 9.84 Å². The van der Waals surface area contributed by atoms with E-state index in [-0.39, 0.29) is 18.6 Å². The Kier molecular flexibility index (Phi) is 4.32. The molecule has 0 saturated carbocycles. The molecule has 114 valence electrons. The van der Waals surface area contributed by atoms with Crippen LogP contribution in [0.3, 0.4) is 0 Å². The molecule has 0 amide bonds. The lowest BCUT2D eigenvalue weighted by atomic mass is 9.89. The highest BCUT2D eigenvalue weighted by Gasteiger charge is 2.29. The number of aromatic nitrogens is 1. The van der Waals surface area contributed by atoms with Gasteiger partial charge in [0.1, 0.15) is 5.75 Å². The maximum Gasteiger partial charge on any atom is 0.341 e. The van der Waals surface area contributed by atoms with Gasteiger partial charge in [0.15, 0.2) is 6.61 Å². The summed E-state index contributed by atoms with van der Waals surface area (Å²) in [7, 11) is 0. The van der Waals surface area contributed by atoms with E-state index in [1.807, 2.05) is 24.4 Å². The second-order valence-electron chi connectivity index (χ2n) is 5.15. The summed E-state index contributed by atoms with van der Waals surface area (Å²) in [6.07, 6.45) is 3.62. The smallest absolute Gasteiger partial charge is 0.341 e. The number of aliphatic carboxylic acids is 1. The van der Waals surface area contributed by atoms with Crippen LogP contribution in [0.15, 0.2) is 48.8 Å². The molecule has 1 fully saturated rings. The summed E-state index contributed by atoms with van der Waals surface area (Å²) < 4.78 is 5.16. The van der Waals surface area contributed by atoms with Gasteiger partial charge in [-0.05, 0) is 29.3 Å². The van der Waals surface area contributed by atoms with E-state index in [1.54, 1.807) is 18.3 Å². The second-order valence-corrected chi connectivity index (χ2v) is 5.15. The highest BCUT2D eigenvalue weighted by molar-refractivity contribution is 5.68. The van der Waals surface area contributed by atoms with Crippen LogP contribution in [0.4, 0.5) is 0 Å². The third-order valence-electron chi connectivity index (χ3n) is 3.70. The van der Waals surface area contributed by atoms with Crippen LogP contribution in [0.1, 0.15) is 23.1 Å². The lowest BCUT2D eigenvalue weighted by Gasteiger charge is -2.19. The van der Waals surface area contributed by atoms with Gasteiger partial charge < -0.3 is 9.84 Å². The molecule has 2 heterocycles. The molecule has 6 heteroatoms. The molecule has 2 aromatic rings. The molecule has 2 unspecified atom stereocenters. The molecule has 3 rings (SSSR count). The monoisotopic (exact) mass is 299 g/mol. The Labute approximate surface area is 128 Å². The fourth-order valence-corrected chi connectivity index (χ4v) is 2.64. The average Bonchev–Trinajstić information content (AvgIpc) is 3.04. The summed E-state index contributed by atoms with van der Waals surface area (Å²) in [5.74, 6) is -0.148. The Bertz CT molecular complexity index is 631. The molecule has 1 saturated heterocycles. The van der Waals surface area contributed by atoms with Crippen molar-refractivity contribution < 1.29 is 14.6 Å². The van der Waals surface area contributed by atoms with Gasteiger partial charge >= 0.3 is 5.97 Å². The van der Waals surface area contributed by atoms with Crippen molar-refractivity contribution in [2.24, 2.45) is 0 Å². The van der Waals surface area contributed by atoms with Crippen LogP contribution in [0.25, 0.3) is 0 Å². The van der Waals surface area contributed by atoms with Crippen LogP contribution in [0, 0.1) is 0 Å². The Hall–Kier alpha value is -2.44. The average molecular weight is 299 g/mol. The van der Waals surface area contributed by atoms with E-state index < -0.39 is 5.97 Å². The molecule has 3 N–H and O–H groups in total. The van der Waals surface area contributed by atoms with E-state index in [1.165, 1.54) is 0 Å². The predicted molar refractivity (Wildman–Crippen MR) is 80.4 cm³/mol. The summed E-state index contributed by atoms with van der Waals surface area (Å²) in [5.41, 5.74) is 8.75. The molecule has 0 aliphatic carbocycles. The molecule has 0 radical (unpaired) electrons. The molecular weight excluding hydrogens is 282 g/mol. The number of ether oxygens (including phenoxy) is 1. The fraction of sp³-hybridized carbons (Fsp3) is 0.250. The Morgan fingerprint density at radius 2 is 2.09 bits per heavy atom. The van der Waals surface area contributed by atoms with E-state index in [0.29, 0.717) is 5.75 Å². The summed E-state index contributed by atoms with van der Waals surface area (Å²) in [5, 5.41) is 8.62. The molecule has 22 heavy (non-hydrogen) atoms. The molecule has 1 aliphatic heterocycles. The first-order valence-corrected chi connectivity index (χ1v) is 7.07. The number of pyridine rings is 1. The summed E-state index contributed by atoms with van der Waals surface area (Å²) in [4.78, 5) is 14.7. The minimum atomic E-state index is -0.982. The lowest BCUT2D eigenvalue weighted by molar-refractivity contribution is -0.139. The minimum absolute atomic E-state index is 0.152. The largest absolute Gasteiger partial charge is 0.482 e. The van der Waals surface area contributed by atoms with Crippen LogP contribution < -0.4 is 15.6 Å². The van der Waals surface area contributed by atoms with Crippen LogP contribution in [-0.4, -0.2) is 29.2 Å². The maximum absolute atomic E-state index is 10.5. The third kappa shape index (κ3) is 3.24. The molecule has 1 aromatic heterocycles. The van der Waals surface area contributed by atoms with Gasteiger partial charge in [-0.15, -0.1) is 0 Å². The quantitative estimate of drug-likeness (QED) is 0.775. The molecular formula is C16H17N3O3. The Morgan fingerprint density at radius 3 is 2.77 bits per heavy atom. The van der Waals surface area contributed by atoms with Crippen molar-refractivity contribution in [3.05, 3.63) is 59.9 Å². The molecule has 2 atom stereocenters. The molecule has 1 aliphatic rings. The maximum atomic E-state index is 10.5. The summed E-state index contributed by atoms with van der Waals surface area (Å²) in [6, 6.07) is 11.7. The number of nitrogens with one attached hydrogen (secondary N) is 2. The summed E-state index contributed by atoms with van der Waals surface area (Å²) >= 11 is 0. The van der Waals surface area contributed by atoms with Crippen molar-refractivity contribution in [3.63, 3.8) is 0 Å². The first-order valence-electron chi connectivity index (χ1n) is 7.07. The highest BCUT2D eigenvalue weighted by Crippen LogP contribution is 2.33. The number of carbonyl (C=O) groups is 1. The minimum Gasteiger partial charge on any atom is -0.482 e. The molecule has 0 spiro atoms. The number of hydrogen-bond acceptors (Lipinski definition) is 5. The zero-order chi connectivity index (χ0) is 15.4. The molecule has 6 nitrogen and oxygen atoms in total. The van der Waals surface area contributed by atoms with Crippen molar-refractivity contribution >= 4 is 5.97 Å². The number of nitrogens with zero attached hydrogens (tertiary/aromatic N) is 1. The Morgan fingerprint density at radius 1 is 1.27 bits per heavy atom. The van der Waals surface area contributed by atoms with Gasteiger partial charge in [0, 0.05) is 24.9 Å². The Balaban J connectivity index is 1.74. The second kappa shape index (κ2) is 6.55. The first kappa shape index (κ1) is 14.5. The van der Waals surface area contributed by atoms with E-state index in [0.717, 1.165) is 17.7 Å².